The van der Waals surface area contributed by atoms with Crippen LogP contribution in [0.2, 0.25) is 0 Å². The predicted molar refractivity (Wildman–Crippen MR) is 84.6 cm³/mol. The summed E-state index contributed by atoms with van der Waals surface area (Å²) in [7, 11) is 1.62. The fourth-order valence-electron chi connectivity index (χ4n) is 1.82. The highest BCUT2D eigenvalue weighted by Crippen LogP contribution is 2.26. The van der Waals surface area contributed by atoms with Gasteiger partial charge >= 0.3 is 0 Å². The molecular formula is C16H26N2O3. The lowest BCUT2D eigenvalue weighted by Gasteiger charge is -2.19. The second kappa shape index (κ2) is 8.64. The van der Waals surface area contributed by atoms with Crippen LogP contribution in [0.5, 0.6) is 5.75 Å². The molecule has 2 unspecified atom stereocenters. The highest BCUT2D eigenvalue weighted by Gasteiger charge is 2.20. The molecule has 0 bridgehead atoms. The molecule has 1 aromatic carbocycles. The summed E-state index contributed by atoms with van der Waals surface area (Å²) in [5.41, 5.74) is 7.65. The Bertz CT molecular complexity index is 463. The topological polar surface area (TPSA) is 73.6 Å². The fraction of sp³-hybridized carbons (Fsp3) is 0.562. The molecule has 118 valence electrons. The number of ether oxygens (including phenoxy) is 2. The van der Waals surface area contributed by atoms with Gasteiger partial charge in [0, 0.05) is 7.11 Å². The molecule has 1 rings (SSSR count). The van der Waals surface area contributed by atoms with E-state index in [-0.39, 0.29) is 11.8 Å². The van der Waals surface area contributed by atoms with Crippen molar-refractivity contribution >= 4 is 11.6 Å². The molecule has 0 saturated heterocycles. The Morgan fingerprint density at radius 2 is 2.10 bits per heavy atom. The first-order chi connectivity index (χ1) is 9.99. The minimum absolute atomic E-state index is 0.133. The van der Waals surface area contributed by atoms with Crippen LogP contribution < -0.4 is 15.8 Å². The quantitative estimate of drug-likeness (QED) is 0.722. The number of aryl methyl sites for hydroxylation is 1. The van der Waals surface area contributed by atoms with E-state index in [1.165, 1.54) is 0 Å². The molecule has 0 aliphatic carbocycles. The van der Waals surface area contributed by atoms with Gasteiger partial charge in [-0.05, 0) is 30.5 Å². The van der Waals surface area contributed by atoms with Crippen LogP contribution in [0.1, 0.15) is 25.8 Å². The van der Waals surface area contributed by atoms with Gasteiger partial charge in [-0.15, -0.1) is 0 Å². The Hall–Kier alpha value is -1.59. The third-order valence-electron chi connectivity index (χ3n) is 3.50. The van der Waals surface area contributed by atoms with Gasteiger partial charge in [-0.25, -0.2) is 0 Å². The van der Waals surface area contributed by atoms with Crippen molar-refractivity contribution in [1.29, 1.82) is 0 Å². The van der Waals surface area contributed by atoms with Gasteiger partial charge < -0.3 is 20.5 Å². The molecule has 1 aromatic rings. The highest BCUT2D eigenvalue weighted by atomic mass is 16.5. The van der Waals surface area contributed by atoms with E-state index in [1.54, 1.807) is 7.11 Å². The van der Waals surface area contributed by atoms with Crippen molar-refractivity contribution in [1.82, 2.24) is 0 Å². The number of carbonyl (C=O) groups is 1. The molecule has 0 spiro atoms. The first-order valence-electron chi connectivity index (χ1n) is 7.28. The number of nitrogens with one attached hydrogen (secondary N) is 1. The predicted octanol–water partition coefficient (Wildman–Crippen LogP) is 2.33. The standard InChI is InChI=1S/C16H26N2O3/c1-5-12(3)15(17)16(19)18-13-7-6-11(2)10-14(13)21-9-8-20-4/h6-7,10,12,15H,5,8-9,17H2,1-4H3,(H,18,19). The minimum Gasteiger partial charge on any atom is -0.489 e. The van der Waals surface area contributed by atoms with Crippen LogP contribution in [0.25, 0.3) is 0 Å². The summed E-state index contributed by atoms with van der Waals surface area (Å²) in [6.45, 7) is 6.88. The molecule has 1 amide bonds. The summed E-state index contributed by atoms with van der Waals surface area (Å²) >= 11 is 0. The summed E-state index contributed by atoms with van der Waals surface area (Å²) in [6, 6.07) is 5.12. The number of carbonyl (C=O) groups excluding carboxylic acids is 1. The van der Waals surface area contributed by atoms with Gasteiger partial charge in [0.1, 0.15) is 12.4 Å². The summed E-state index contributed by atoms with van der Waals surface area (Å²) in [6.07, 6.45) is 0.861. The minimum atomic E-state index is -0.525. The number of hydrogen-bond acceptors (Lipinski definition) is 4. The third-order valence-corrected chi connectivity index (χ3v) is 3.50. The summed E-state index contributed by atoms with van der Waals surface area (Å²) < 4.78 is 10.6. The molecule has 0 radical (unpaired) electrons. The molecule has 0 saturated carbocycles. The van der Waals surface area contributed by atoms with Crippen molar-refractivity contribution in [3.05, 3.63) is 23.8 Å². The molecule has 3 N–H and O–H groups in total. The van der Waals surface area contributed by atoms with Crippen LogP contribution in [-0.4, -0.2) is 32.3 Å². The Balaban J connectivity index is 2.79. The van der Waals surface area contributed by atoms with Gasteiger partial charge in [0.25, 0.3) is 0 Å². The largest absolute Gasteiger partial charge is 0.489 e. The van der Waals surface area contributed by atoms with Gasteiger partial charge in [0.2, 0.25) is 5.91 Å². The maximum atomic E-state index is 12.2. The first kappa shape index (κ1) is 17.5. The van der Waals surface area contributed by atoms with E-state index in [0.29, 0.717) is 24.7 Å². The number of rotatable bonds is 8. The molecule has 0 aliphatic rings. The molecular weight excluding hydrogens is 268 g/mol. The summed E-state index contributed by atoms with van der Waals surface area (Å²) in [4.78, 5) is 12.2. The first-order valence-corrected chi connectivity index (χ1v) is 7.28. The Morgan fingerprint density at radius 3 is 2.71 bits per heavy atom. The molecule has 0 aliphatic heterocycles. The Morgan fingerprint density at radius 1 is 1.38 bits per heavy atom. The van der Waals surface area contributed by atoms with Crippen LogP contribution in [0.15, 0.2) is 18.2 Å². The maximum absolute atomic E-state index is 12.2. The lowest BCUT2D eigenvalue weighted by molar-refractivity contribution is -0.118. The average Bonchev–Trinajstić information content (AvgIpc) is 2.48. The van der Waals surface area contributed by atoms with Crippen LogP contribution in [0.4, 0.5) is 5.69 Å². The summed E-state index contributed by atoms with van der Waals surface area (Å²) in [5.74, 6) is 0.579. The third kappa shape index (κ3) is 5.36. The van der Waals surface area contributed by atoms with Crippen LogP contribution in [-0.2, 0) is 9.53 Å². The van der Waals surface area contributed by atoms with Crippen LogP contribution in [0, 0.1) is 12.8 Å². The van der Waals surface area contributed by atoms with Gasteiger partial charge in [-0.2, -0.15) is 0 Å². The number of amides is 1. The van der Waals surface area contributed by atoms with E-state index in [9.17, 15) is 4.79 Å². The maximum Gasteiger partial charge on any atom is 0.241 e. The van der Waals surface area contributed by atoms with Gasteiger partial charge in [0.05, 0.1) is 18.3 Å². The van der Waals surface area contributed by atoms with Crippen molar-refractivity contribution in [3.8, 4) is 5.75 Å². The van der Waals surface area contributed by atoms with E-state index in [4.69, 9.17) is 15.2 Å². The number of methoxy groups -OCH3 is 1. The normalized spacial score (nSPS) is 13.6. The van der Waals surface area contributed by atoms with Gasteiger partial charge in [-0.3, -0.25) is 4.79 Å². The number of benzene rings is 1. The van der Waals surface area contributed by atoms with Crippen molar-refractivity contribution in [3.63, 3.8) is 0 Å². The molecule has 5 heteroatoms. The second-order valence-electron chi connectivity index (χ2n) is 5.24. The lowest BCUT2D eigenvalue weighted by Crippen LogP contribution is -2.40. The van der Waals surface area contributed by atoms with E-state index in [2.05, 4.69) is 5.32 Å². The number of anilines is 1. The molecule has 0 aromatic heterocycles. The highest BCUT2D eigenvalue weighted by molar-refractivity contribution is 5.96. The lowest BCUT2D eigenvalue weighted by atomic mass is 9.99. The smallest absolute Gasteiger partial charge is 0.241 e. The van der Waals surface area contributed by atoms with Crippen molar-refractivity contribution in [2.45, 2.75) is 33.2 Å². The molecule has 2 atom stereocenters. The van der Waals surface area contributed by atoms with E-state index in [1.807, 2.05) is 39.0 Å². The summed E-state index contributed by atoms with van der Waals surface area (Å²) in [5, 5.41) is 2.85. The average molecular weight is 294 g/mol. The zero-order valence-electron chi connectivity index (χ0n) is 13.3. The Kier molecular flexibility index (Phi) is 7.19. The van der Waals surface area contributed by atoms with Gasteiger partial charge in [0.15, 0.2) is 0 Å². The van der Waals surface area contributed by atoms with Gasteiger partial charge in [-0.1, -0.05) is 26.3 Å². The fourth-order valence-corrected chi connectivity index (χ4v) is 1.82. The zero-order valence-corrected chi connectivity index (χ0v) is 13.3. The molecule has 0 fully saturated rings. The molecule has 21 heavy (non-hydrogen) atoms. The van der Waals surface area contributed by atoms with Crippen molar-refractivity contribution < 1.29 is 14.3 Å². The molecule has 5 nitrogen and oxygen atoms in total. The van der Waals surface area contributed by atoms with E-state index >= 15 is 0 Å². The van der Waals surface area contributed by atoms with Crippen LogP contribution >= 0.6 is 0 Å². The Labute approximate surface area is 126 Å². The number of nitrogens with two attached hydrogens (primary N) is 1. The molecule has 0 heterocycles. The second-order valence-corrected chi connectivity index (χ2v) is 5.24. The van der Waals surface area contributed by atoms with E-state index < -0.39 is 6.04 Å². The van der Waals surface area contributed by atoms with E-state index in [0.717, 1.165) is 12.0 Å². The van der Waals surface area contributed by atoms with Crippen molar-refractivity contribution in [2.75, 3.05) is 25.6 Å². The SMILES string of the molecule is CCC(C)C(N)C(=O)Nc1ccc(C)cc1OCCOC. The van der Waals surface area contributed by atoms with Crippen molar-refractivity contribution in [2.24, 2.45) is 11.7 Å². The monoisotopic (exact) mass is 294 g/mol. The zero-order chi connectivity index (χ0) is 15.8. The van der Waals surface area contributed by atoms with Crippen LogP contribution in [0.3, 0.4) is 0 Å². The number of hydrogen-bond donors (Lipinski definition) is 2.